The Morgan fingerprint density at radius 3 is 2.18 bits per heavy atom. The largest absolute Gasteiger partial charge is 0.326 e. The summed E-state index contributed by atoms with van der Waals surface area (Å²) in [4.78, 5) is 23.6. The Kier molecular flexibility index (Phi) is 5.31. The Morgan fingerprint density at radius 2 is 1.59 bits per heavy atom. The minimum absolute atomic E-state index is 0.0475. The van der Waals surface area contributed by atoms with E-state index in [1.54, 1.807) is 24.3 Å². The van der Waals surface area contributed by atoms with E-state index in [4.69, 9.17) is 0 Å². The predicted molar refractivity (Wildman–Crippen MR) is 88.8 cm³/mol. The summed E-state index contributed by atoms with van der Waals surface area (Å²) in [7, 11) is 0. The van der Waals surface area contributed by atoms with Crippen LogP contribution in [-0.2, 0) is 9.59 Å². The molecule has 1 unspecified atom stereocenters. The fourth-order valence-corrected chi connectivity index (χ4v) is 2.37. The van der Waals surface area contributed by atoms with E-state index in [-0.39, 0.29) is 17.7 Å². The van der Waals surface area contributed by atoms with Gasteiger partial charge in [0.15, 0.2) is 0 Å². The molecule has 22 heavy (non-hydrogen) atoms. The highest BCUT2D eigenvalue weighted by Crippen LogP contribution is 2.22. The zero-order chi connectivity index (χ0) is 15.9. The van der Waals surface area contributed by atoms with Crippen LogP contribution < -0.4 is 10.6 Å². The maximum Gasteiger partial charge on any atom is 0.231 e. The first-order valence-corrected chi connectivity index (χ1v) is 7.33. The lowest BCUT2D eigenvalue weighted by molar-refractivity contribution is -0.117. The zero-order valence-corrected chi connectivity index (χ0v) is 12.8. The second-order valence-electron chi connectivity index (χ2n) is 5.12. The molecular formula is C18H20N2O2. The normalized spacial score (nSPS) is 11.5. The fraction of sp³-hybridized carbons (Fsp3) is 0.222. The topological polar surface area (TPSA) is 58.2 Å². The number of hydrogen-bond donors (Lipinski definition) is 2. The molecule has 0 bridgehead atoms. The lowest BCUT2D eigenvalue weighted by atomic mass is 9.95. The first-order valence-electron chi connectivity index (χ1n) is 7.33. The van der Waals surface area contributed by atoms with Crippen molar-refractivity contribution in [1.29, 1.82) is 0 Å². The summed E-state index contributed by atoms with van der Waals surface area (Å²) >= 11 is 0. The first-order chi connectivity index (χ1) is 10.6. The highest BCUT2D eigenvalue weighted by molar-refractivity contribution is 5.97. The molecule has 0 saturated carbocycles. The van der Waals surface area contributed by atoms with Crippen molar-refractivity contribution < 1.29 is 9.59 Å². The smallest absolute Gasteiger partial charge is 0.231 e. The monoisotopic (exact) mass is 296 g/mol. The van der Waals surface area contributed by atoms with Gasteiger partial charge in [-0.25, -0.2) is 0 Å². The van der Waals surface area contributed by atoms with Gasteiger partial charge in [0.2, 0.25) is 11.8 Å². The van der Waals surface area contributed by atoms with Crippen LogP contribution in [0.3, 0.4) is 0 Å². The summed E-state index contributed by atoms with van der Waals surface area (Å²) in [5, 5.41) is 5.62. The van der Waals surface area contributed by atoms with Crippen molar-refractivity contribution in [2.24, 2.45) is 0 Å². The Hall–Kier alpha value is -2.62. The molecule has 2 amide bonds. The van der Waals surface area contributed by atoms with E-state index in [2.05, 4.69) is 10.6 Å². The van der Waals surface area contributed by atoms with E-state index < -0.39 is 0 Å². The molecule has 4 heteroatoms. The van der Waals surface area contributed by atoms with Crippen molar-refractivity contribution in [3.05, 3.63) is 60.2 Å². The van der Waals surface area contributed by atoms with Crippen LogP contribution in [0.25, 0.3) is 0 Å². The average Bonchev–Trinajstić information content (AvgIpc) is 2.48. The summed E-state index contributed by atoms with van der Waals surface area (Å²) < 4.78 is 0. The summed E-state index contributed by atoms with van der Waals surface area (Å²) in [5.41, 5.74) is 2.34. The average molecular weight is 296 g/mol. The van der Waals surface area contributed by atoms with Crippen LogP contribution in [0.4, 0.5) is 11.4 Å². The lowest BCUT2D eigenvalue weighted by Gasteiger charge is -2.16. The molecule has 2 aromatic rings. The second kappa shape index (κ2) is 7.41. The van der Waals surface area contributed by atoms with Crippen LogP contribution in [0.5, 0.6) is 0 Å². The highest BCUT2D eigenvalue weighted by Gasteiger charge is 2.18. The molecule has 0 spiro atoms. The molecule has 0 fully saturated rings. The van der Waals surface area contributed by atoms with Crippen LogP contribution in [0.1, 0.15) is 31.7 Å². The van der Waals surface area contributed by atoms with E-state index in [9.17, 15) is 9.59 Å². The van der Waals surface area contributed by atoms with Crippen molar-refractivity contribution in [1.82, 2.24) is 0 Å². The molecule has 0 radical (unpaired) electrons. The van der Waals surface area contributed by atoms with Gasteiger partial charge in [-0.15, -0.1) is 0 Å². The molecule has 0 heterocycles. The minimum atomic E-state index is -0.189. The lowest BCUT2D eigenvalue weighted by Crippen LogP contribution is -2.20. The number of nitrogens with one attached hydrogen (secondary N) is 2. The Bertz CT molecular complexity index is 653. The standard InChI is InChI=1S/C18H20N2O2/c1-3-17(14-8-5-4-6-9-14)18(22)20-16-11-7-10-15(12-16)19-13(2)21/h4-12,17H,3H2,1-2H3,(H,19,21)(H,20,22). The van der Waals surface area contributed by atoms with Gasteiger partial charge in [0.25, 0.3) is 0 Å². The van der Waals surface area contributed by atoms with Gasteiger partial charge in [-0.3, -0.25) is 9.59 Å². The van der Waals surface area contributed by atoms with Gasteiger partial charge in [-0.1, -0.05) is 43.3 Å². The number of hydrogen-bond acceptors (Lipinski definition) is 2. The van der Waals surface area contributed by atoms with Crippen molar-refractivity contribution in [3.8, 4) is 0 Å². The highest BCUT2D eigenvalue weighted by atomic mass is 16.2. The molecule has 0 aliphatic rings. The summed E-state index contributed by atoms with van der Waals surface area (Å²) in [6.45, 7) is 3.44. The molecule has 0 saturated heterocycles. The summed E-state index contributed by atoms with van der Waals surface area (Å²) in [6, 6.07) is 16.9. The SMILES string of the molecule is CCC(C(=O)Nc1cccc(NC(C)=O)c1)c1ccccc1. The molecule has 1 atom stereocenters. The van der Waals surface area contributed by atoms with Crippen molar-refractivity contribution in [3.63, 3.8) is 0 Å². The van der Waals surface area contributed by atoms with Crippen molar-refractivity contribution in [2.75, 3.05) is 10.6 Å². The first kappa shape index (κ1) is 15.8. The van der Waals surface area contributed by atoms with Gasteiger partial charge >= 0.3 is 0 Å². The second-order valence-corrected chi connectivity index (χ2v) is 5.12. The Balaban J connectivity index is 2.12. The summed E-state index contributed by atoms with van der Waals surface area (Å²) in [6.07, 6.45) is 0.723. The van der Waals surface area contributed by atoms with Gasteiger partial charge in [0, 0.05) is 18.3 Å². The summed E-state index contributed by atoms with van der Waals surface area (Å²) in [5.74, 6) is -0.376. The molecule has 2 aromatic carbocycles. The third kappa shape index (κ3) is 4.19. The van der Waals surface area contributed by atoms with Gasteiger partial charge in [0.05, 0.1) is 5.92 Å². The van der Waals surface area contributed by atoms with Crippen LogP contribution >= 0.6 is 0 Å². The van der Waals surface area contributed by atoms with Crippen LogP contribution in [-0.4, -0.2) is 11.8 Å². The van der Waals surface area contributed by atoms with E-state index in [1.165, 1.54) is 6.92 Å². The van der Waals surface area contributed by atoms with E-state index >= 15 is 0 Å². The molecule has 0 aliphatic carbocycles. The van der Waals surface area contributed by atoms with Crippen LogP contribution in [0, 0.1) is 0 Å². The van der Waals surface area contributed by atoms with Crippen LogP contribution in [0.2, 0.25) is 0 Å². The minimum Gasteiger partial charge on any atom is -0.326 e. The maximum atomic E-state index is 12.5. The Labute approximate surface area is 130 Å². The third-order valence-corrected chi connectivity index (χ3v) is 3.38. The Morgan fingerprint density at radius 1 is 0.955 bits per heavy atom. The van der Waals surface area contributed by atoms with E-state index in [0.29, 0.717) is 11.4 Å². The number of benzene rings is 2. The fourth-order valence-electron chi connectivity index (χ4n) is 2.37. The van der Waals surface area contributed by atoms with Crippen molar-refractivity contribution >= 4 is 23.2 Å². The van der Waals surface area contributed by atoms with Gasteiger partial charge in [0.1, 0.15) is 0 Å². The van der Waals surface area contributed by atoms with Crippen LogP contribution in [0.15, 0.2) is 54.6 Å². The molecule has 0 aliphatic heterocycles. The van der Waals surface area contributed by atoms with Gasteiger partial charge in [-0.05, 0) is 30.2 Å². The van der Waals surface area contributed by atoms with Gasteiger partial charge < -0.3 is 10.6 Å². The molecule has 0 aromatic heterocycles. The molecule has 2 rings (SSSR count). The molecule has 114 valence electrons. The predicted octanol–water partition coefficient (Wildman–Crippen LogP) is 3.78. The molecular weight excluding hydrogens is 276 g/mol. The molecule has 2 N–H and O–H groups in total. The number of rotatable bonds is 5. The van der Waals surface area contributed by atoms with E-state index in [1.807, 2.05) is 37.3 Å². The number of anilines is 2. The van der Waals surface area contributed by atoms with Crippen molar-refractivity contribution in [2.45, 2.75) is 26.2 Å². The number of carbonyl (C=O) groups excluding carboxylic acids is 2. The maximum absolute atomic E-state index is 12.5. The van der Waals surface area contributed by atoms with E-state index in [0.717, 1.165) is 12.0 Å². The number of carbonyl (C=O) groups is 2. The molecule has 4 nitrogen and oxygen atoms in total. The quantitative estimate of drug-likeness (QED) is 0.882. The van der Waals surface area contributed by atoms with Gasteiger partial charge in [-0.2, -0.15) is 0 Å². The third-order valence-electron chi connectivity index (χ3n) is 3.38. The number of amides is 2. The zero-order valence-electron chi connectivity index (χ0n) is 12.8.